The summed E-state index contributed by atoms with van der Waals surface area (Å²) in [6.45, 7) is 6.98. The smallest absolute Gasteiger partial charge is 0.246 e. The maximum absolute atomic E-state index is 12.5. The molecular weight excluding hydrogens is 366 g/mol. The molecule has 1 aliphatic heterocycles. The third-order valence-corrected chi connectivity index (χ3v) is 4.99. The molecule has 0 unspecified atom stereocenters. The van der Waals surface area contributed by atoms with E-state index in [9.17, 15) is 9.59 Å². The van der Waals surface area contributed by atoms with Crippen molar-refractivity contribution >= 4 is 28.7 Å². The molecular formula is C23H29N3O3. The Morgan fingerprint density at radius 3 is 2.45 bits per heavy atom. The van der Waals surface area contributed by atoms with Crippen LogP contribution in [-0.4, -0.2) is 67.5 Å². The number of benzene rings is 2. The summed E-state index contributed by atoms with van der Waals surface area (Å²) in [6.07, 6.45) is 3.49. The van der Waals surface area contributed by atoms with Crippen molar-refractivity contribution in [2.24, 2.45) is 0 Å². The van der Waals surface area contributed by atoms with Crippen molar-refractivity contribution in [3.05, 3.63) is 48.0 Å². The van der Waals surface area contributed by atoms with E-state index in [0.717, 1.165) is 22.1 Å². The van der Waals surface area contributed by atoms with Crippen LogP contribution in [0.25, 0.3) is 16.8 Å². The summed E-state index contributed by atoms with van der Waals surface area (Å²) in [4.78, 5) is 28.3. The van der Waals surface area contributed by atoms with Crippen molar-refractivity contribution in [3.8, 4) is 5.75 Å². The van der Waals surface area contributed by atoms with Gasteiger partial charge in [-0.15, -0.1) is 0 Å². The first kappa shape index (κ1) is 20.9. The highest BCUT2D eigenvalue weighted by atomic mass is 16.5. The number of rotatable bonds is 6. The summed E-state index contributed by atoms with van der Waals surface area (Å²) in [6, 6.07) is 12.2. The predicted octanol–water partition coefficient (Wildman–Crippen LogP) is 2.53. The first-order valence-corrected chi connectivity index (χ1v) is 10.0. The number of hydrogen-bond acceptors (Lipinski definition) is 4. The van der Waals surface area contributed by atoms with Gasteiger partial charge in [0.1, 0.15) is 5.75 Å². The number of nitrogens with one attached hydrogen (secondary N) is 1. The zero-order valence-corrected chi connectivity index (χ0v) is 17.4. The second kappa shape index (κ2) is 9.56. The van der Waals surface area contributed by atoms with E-state index < -0.39 is 0 Å². The highest BCUT2D eigenvalue weighted by molar-refractivity contribution is 5.93. The van der Waals surface area contributed by atoms with Gasteiger partial charge in [0, 0.05) is 38.3 Å². The van der Waals surface area contributed by atoms with Gasteiger partial charge in [-0.2, -0.15) is 0 Å². The summed E-state index contributed by atoms with van der Waals surface area (Å²) in [5.74, 6) is 0.872. The van der Waals surface area contributed by atoms with Gasteiger partial charge in [0.05, 0.1) is 13.7 Å². The molecule has 0 spiro atoms. The number of carbonyl (C=O) groups is 2. The minimum absolute atomic E-state index is 0.00566. The fourth-order valence-electron chi connectivity index (χ4n) is 3.44. The van der Waals surface area contributed by atoms with Crippen LogP contribution in [0.2, 0.25) is 0 Å². The monoisotopic (exact) mass is 395 g/mol. The Balaban J connectivity index is 1.53. The summed E-state index contributed by atoms with van der Waals surface area (Å²) in [5.41, 5.74) is 0.986. The van der Waals surface area contributed by atoms with Gasteiger partial charge in [-0.25, -0.2) is 0 Å². The number of methoxy groups -OCH3 is 1. The molecule has 0 aliphatic carbocycles. The van der Waals surface area contributed by atoms with Gasteiger partial charge in [0.15, 0.2) is 0 Å². The second-order valence-corrected chi connectivity index (χ2v) is 7.63. The minimum Gasteiger partial charge on any atom is -0.497 e. The van der Waals surface area contributed by atoms with Gasteiger partial charge in [0.2, 0.25) is 11.8 Å². The largest absolute Gasteiger partial charge is 0.497 e. The molecule has 1 saturated heterocycles. The summed E-state index contributed by atoms with van der Waals surface area (Å²) in [5, 5.41) is 5.11. The second-order valence-electron chi connectivity index (χ2n) is 7.63. The SMILES string of the molecule is COc1ccc2cc(/C=C/C(=O)N3CCN(CC(=O)NC(C)C)CC3)ccc2c1. The number of carbonyl (C=O) groups excluding carboxylic acids is 2. The number of ether oxygens (including phenoxy) is 1. The summed E-state index contributed by atoms with van der Waals surface area (Å²) in [7, 11) is 1.66. The van der Waals surface area contributed by atoms with Crippen LogP contribution in [0.1, 0.15) is 19.4 Å². The van der Waals surface area contributed by atoms with Crippen molar-refractivity contribution in [2.75, 3.05) is 39.8 Å². The van der Waals surface area contributed by atoms with Crippen molar-refractivity contribution in [1.82, 2.24) is 15.1 Å². The normalized spacial score (nSPS) is 15.2. The average molecular weight is 396 g/mol. The highest BCUT2D eigenvalue weighted by Gasteiger charge is 2.21. The van der Waals surface area contributed by atoms with Gasteiger partial charge < -0.3 is 15.0 Å². The number of amides is 2. The van der Waals surface area contributed by atoms with Crippen LogP contribution in [-0.2, 0) is 9.59 Å². The van der Waals surface area contributed by atoms with E-state index in [1.54, 1.807) is 13.2 Å². The van der Waals surface area contributed by atoms with Gasteiger partial charge in [-0.05, 0) is 54.5 Å². The van der Waals surface area contributed by atoms with Crippen LogP contribution in [0.15, 0.2) is 42.5 Å². The molecule has 0 bridgehead atoms. The molecule has 2 amide bonds. The van der Waals surface area contributed by atoms with Crippen molar-refractivity contribution in [3.63, 3.8) is 0 Å². The van der Waals surface area contributed by atoms with E-state index in [4.69, 9.17) is 4.74 Å². The topological polar surface area (TPSA) is 61.9 Å². The lowest BCUT2D eigenvalue weighted by atomic mass is 10.1. The molecule has 6 heteroatoms. The van der Waals surface area contributed by atoms with Gasteiger partial charge in [-0.3, -0.25) is 14.5 Å². The predicted molar refractivity (Wildman–Crippen MR) is 116 cm³/mol. The summed E-state index contributed by atoms with van der Waals surface area (Å²) >= 11 is 0. The first-order valence-electron chi connectivity index (χ1n) is 10.0. The van der Waals surface area contributed by atoms with Crippen LogP contribution in [0.4, 0.5) is 0 Å². The van der Waals surface area contributed by atoms with Gasteiger partial charge in [-0.1, -0.05) is 18.2 Å². The molecule has 1 fully saturated rings. The maximum Gasteiger partial charge on any atom is 0.246 e. The third kappa shape index (κ3) is 5.81. The van der Waals surface area contributed by atoms with Crippen LogP contribution >= 0.6 is 0 Å². The molecule has 1 heterocycles. The van der Waals surface area contributed by atoms with E-state index >= 15 is 0 Å². The van der Waals surface area contributed by atoms with Gasteiger partial charge in [0.25, 0.3) is 0 Å². The molecule has 1 N–H and O–H groups in total. The lowest BCUT2D eigenvalue weighted by molar-refractivity contribution is -0.128. The number of nitrogens with zero attached hydrogens (tertiary/aromatic N) is 2. The van der Waals surface area contributed by atoms with E-state index in [-0.39, 0.29) is 17.9 Å². The highest BCUT2D eigenvalue weighted by Crippen LogP contribution is 2.22. The molecule has 0 saturated carbocycles. The number of fused-ring (bicyclic) bond motifs is 1. The molecule has 6 nitrogen and oxygen atoms in total. The molecule has 1 aliphatic rings. The van der Waals surface area contributed by atoms with Crippen molar-refractivity contribution in [2.45, 2.75) is 19.9 Å². The fourth-order valence-corrected chi connectivity index (χ4v) is 3.44. The van der Waals surface area contributed by atoms with Crippen LogP contribution in [0.5, 0.6) is 5.75 Å². The lowest BCUT2D eigenvalue weighted by Gasteiger charge is -2.33. The Kier molecular flexibility index (Phi) is 6.88. The van der Waals surface area contributed by atoms with Crippen LogP contribution in [0, 0.1) is 0 Å². The third-order valence-electron chi connectivity index (χ3n) is 4.99. The Labute approximate surface area is 172 Å². The van der Waals surface area contributed by atoms with Crippen LogP contribution < -0.4 is 10.1 Å². The molecule has 2 aromatic rings. The zero-order chi connectivity index (χ0) is 20.8. The van der Waals surface area contributed by atoms with E-state index in [2.05, 4.69) is 16.3 Å². The Hall–Kier alpha value is -2.86. The van der Waals surface area contributed by atoms with E-state index in [1.807, 2.05) is 55.2 Å². The molecule has 0 radical (unpaired) electrons. The fraction of sp³-hybridized carbons (Fsp3) is 0.391. The molecule has 0 aromatic heterocycles. The molecule has 0 atom stereocenters. The molecule has 29 heavy (non-hydrogen) atoms. The Morgan fingerprint density at radius 1 is 1.07 bits per heavy atom. The molecule has 3 rings (SSSR count). The lowest BCUT2D eigenvalue weighted by Crippen LogP contribution is -2.51. The summed E-state index contributed by atoms with van der Waals surface area (Å²) < 4.78 is 5.25. The number of piperazine rings is 1. The molecule has 2 aromatic carbocycles. The molecule has 154 valence electrons. The quantitative estimate of drug-likeness (QED) is 0.764. The Bertz CT molecular complexity index is 899. The van der Waals surface area contributed by atoms with E-state index in [0.29, 0.717) is 32.7 Å². The van der Waals surface area contributed by atoms with Crippen LogP contribution in [0.3, 0.4) is 0 Å². The van der Waals surface area contributed by atoms with Gasteiger partial charge >= 0.3 is 0 Å². The minimum atomic E-state index is 0.00566. The standard InChI is InChI=1S/C23H29N3O3/c1-17(2)24-22(27)16-25-10-12-26(13-11-25)23(28)9-5-18-4-6-20-15-21(29-3)8-7-19(20)14-18/h4-9,14-15,17H,10-13,16H2,1-3H3,(H,24,27)/b9-5+. The van der Waals surface area contributed by atoms with Crippen molar-refractivity contribution < 1.29 is 14.3 Å². The average Bonchev–Trinajstić information content (AvgIpc) is 2.71. The van der Waals surface area contributed by atoms with E-state index in [1.165, 1.54) is 0 Å². The maximum atomic E-state index is 12.5. The number of hydrogen-bond donors (Lipinski definition) is 1. The zero-order valence-electron chi connectivity index (χ0n) is 17.4. The Morgan fingerprint density at radius 2 is 1.76 bits per heavy atom. The first-order chi connectivity index (χ1) is 13.9. The van der Waals surface area contributed by atoms with Crippen molar-refractivity contribution in [1.29, 1.82) is 0 Å².